The minimum absolute atomic E-state index is 0.0984. The maximum absolute atomic E-state index is 14.0. The van der Waals surface area contributed by atoms with Gasteiger partial charge < -0.3 is 10.0 Å². The molecule has 0 amide bonds. The minimum atomic E-state index is -0.269. The van der Waals surface area contributed by atoms with Crippen molar-refractivity contribution in [2.75, 3.05) is 6.54 Å². The number of halogens is 1. The van der Waals surface area contributed by atoms with Crippen LogP contribution in [0.2, 0.25) is 0 Å². The molecule has 142 valence electrons. The van der Waals surface area contributed by atoms with Gasteiger partial charge in [0, 0.05) is 17.5 Å². The van der Waals surface area contributed by atoms with Crippen molar-refractivity contribution in [2.45, 2.75) is 25.9 Å². The molecule has 4 aromatic rings. The molecule has 0 bridgehead atoms. The minimum Gasteiger partial charge on any atom is -0.492 e. The SMILES string of the molecule is Cc1nc2sc([C@H](c3cccc(F)c3)[NH+]3CCc4ccccc4C3)c(O)n2n1. The highest BCUT2D eigenvalue weighted by atomic mass is 32.1. The van der Waals surface area contributed by atoms with Crippen molar-refractivity contribution in [1.82, 2.24) is 14.6 Å². The molecule has 0 spiro atoms. The fourth-order valence-electron chi connectivity index (χ4n) is 4.14. The standard InChI is InChI=1S/C21H19FN4OS/c1-13-23-21-26(24-13)20(27)19(28-21)18(15-7-4-8-17(22)11-15)25-10-9-14-5-2-3-6-16(14)12-25/h2-8,11,18,27H,9-10,12H2,1H3/p+1/t18-/m0/s1. The fraction of sp³-hybridized carbons (Fsp3) is 0.238. The summed E-state index contributed by atoms with van der Waals surface area (Å²) in [7, 11) is 0. The van der Waals surface area contributed by atoms with Crippen LogP contribution in [0.4, 0.5) is 4.39 Å². The van der Waals surface area contributed by atoms with Crippen LogP contribution < -0.4 is 4.90 Å². The van der Waals surface area contributed by atoms with E-state index in [2.05, 4.69) is 34.3 Å². The van der Waals surface area contributed by atoms with E-state index in [4.69, 9.17) is 0 Å². The topological polar surface area (TPSA) is 54.9 Å². The first kappa shape index (κ1) is 17.3. The second kappa shape index (κ2) is 6.68. The van der Waals surface area contributed by atoms with E-state index in [1.165, 1.54) is 37.9 Å². The summed E-state index contributed by atoms with van der Waals surface area (Å²) in [6, 6.07) is 15.0. The maximum atomic E-state index is 14.0. The normalized spacial score (nSPS) is 17.6. The third-order valence-corrected chi connectivity index (χ3v) is 6.49. The Balaban J connectivity index is 1.63. The number of quaternary nitrogens is 1. The monoisotopic (exact) mass is 395 g/mol. The number of hydrogen-bond acceptors (Lipinski definition) is 4. The summed E-state index contributed by atoms with van der Waals surface area (Å²) in [6.45, 7) is 3.53. The average molecular weight is 395 g/mol. The molecule has 0 aliphatic carbocycles. The van der Waals surface area contributed by atoms with Gasteiger partial charge in [-0.3, -0.25) is 0 Å². The van der Waals surface area contributed by atoms with Gasteiger partial charge >= 0.3 is 0 Å². The molecule has 0 radical (unpaired) electrons. The summed E-state index contributed by atoms with van der Waals surface area (Å²) in [6.07, 6.45) is 0.956. The van der Waals surface area contributed by atoms with Crippen LogP contribution in [0.15, 0.2) is 48.5 Å². The zero-order valence-corrected chi connectivity index (χ0v) is 16.2. The number of aromatic hydroxyl groups is 1. The number of rotatable bonds is 3. The first-order valence-electron chi connectivity index (χ1n) is 9.32. The lowest BCUT2D eigenvalue weighted by Gasteiger charge is -2.32. The van der Waals surface area contributed by atoms with Crippen molar-refractivity contribution in [2.24, 2.45) is 0 Å². The number of aryl methyl sites for hydroxylation is 1. The number of nitrogens with one attached hydrogen (secondary N) is 1. The molecule has 0 fully saturated rings. The molecule has 2 aromatic heterocycles. The van der Waals surface area contributed by atoms with Gasteiger partial charge in [0.05, 0.1) is 6.54 Å². The summed E-state index contributed by atoms with van der Waals surface area (Å²) < 4.78 is 15.5. The molecule has 2 aromatic carbocycles. The third kappa shape index (κ3) is 2.87. The molecule has 3 heterocycles. The van der Waals surface area contributed by atoms with Crippen molar-refractivity contribution in [3.63, 3.8) is 0 Å². The van der Waals surface area contributed by atoms with Gasteiger partial charge in [-0.05, 0) is 24.6 Å². The number of nitrogens with zero attached hydrogens (tertiary/aromatic N) is 3. The van der Waals surface area contributed by atoms with Gasteiger partial charge in [0.25, 0.3) is 0 Å². The Bertz CT molecular complexity index is 1170. The van der Waals surface area contributed by atoms with E-state index in [-0.39, 0.29) is 17.7 Å². The largest absolute Gasteiger partial charge is 0.492 e. The predicted molar refractivity (Wildman–Crippen MR) is 105 cm³/mol. The van der Waals surface area contributed by atoms with Crippen LogP contribution in [-0.2, 0) is 13.0 Å². The fourth-order valence-corrected chi connectivity index (χ4v) is 5.33. The quantitative estimate of drug-likeness (QED) is 0.561. The van der Waals surface area contributed by atoms with Crippen LogP contribution in [0.3, 0.4) is 0 Å². The Kier molecular flexibility index (Phi) is 4.14. The Labute approximate surface area is 165 Å². The van der Waals surface area contributed by atoms with Crippen molar-refractivity contribution >= 4 is 16.3 Å². The average Bonchev–Trinajstić information content (AvgIpc) is 3.20. The van der Waals surface area contributed by atoms with Gasteiger partial charge in [0.15, 0.2) is 6.04 Å². The van der Waals surface area contributed by atoms with Gasteiger partial charge in [0.1, 0.15) is 23.1 Å². The number of thiazole rings is 1. The van der Waals surface area contributed by atoms with Crippen LogP contribution in [0, 0.1) is 12.7 Å². The summed E-state index contributed by atoms with van der Waals surface area (Å²) in [5, 5.41) is 15.2. The molecule has 5 rings (SSSR count). The van der Waals surface area contributed by atoms with Gasteiger partial charge in [-0.25, -0.2) is 9.37 Å². The van der Waals surface area contributed by atoms with E-state index in [1.807, 2.05) is 6.07 Å². The zero-order valence-electron chi connectivity index (χ0n) is 15.4. The van der Waals surface area contributed by atoms with Gasteiger partial charge in [-0.15, -0.1) is 5.10 Å². The Morgan fingerprint density at radius 3 is 2.79 bits per heavy atom. The summed E-state index contributed by atoms with van der Waals surface area (Å²) in [5.41, 5.74) is 3.53. The second-order valence-corrected chi connectivity index (χ2v) is 8.24. The molecule has 2 atom stereocenters. The predicted octanol–water partition coefficient (Wildman–Crippen LogP) is 2.67. The highest BCUT2D eigenvalue weighted by Crippen LogP contribution is 2.35. The lowest BCUT2D eigenvalue weighted by Crippen LogP contribution is -3.12. The Hall–Kier alpha value is -2.77. The lowest BCUT2D eigenvalue weighted by atomic mass is 9.95. The highest BCUT2D eigenvalue weighted by Gasteiger charge is 2.35. The molecule has 1 unspecified atom stereocenters. The third-order valence-electron chi connectivity index (χ3n) is 5.41. The van der Waals surface area contributed by atoms with Crippen LogP contribution >= 0.6 is 11.3 Å². The Morgan fingerprint density at radius 2 is 2.00 bits per heavy atom. The second-order valence-electron chi connectivity index (χ2n) is 7.24. The number of hydrogen-bond donors (Lipinski definition) is 2. The van der Waals surface area contributed by atoms with E-state index in [1.54, 1.807) is 19.1 Å². The van der Waals surface area contributed by atoms with Crippen LogP contribution in [0.1, 0.15) is 33.4 Å². The molecule has 1 aliphatic heterocycles. The zero-order chi connectivity index (χ0) is 19.3. The molecule has 0 saturated carbocycles. The molecule has 7 heteroatoms. The highest BCUT2D eigenvalue weighted by molar-refractivity contribution is 7.17. The smallest absolute Gasteiger partial charge is 0.235 e. The van der Waals surface area contributed by atoms with Crippen molar-refractivity contribution in [3.05, 3.63) is 81.7 Å². The first-order valence-corrected chi connectivity index (χ1v) is 10.1. The van der Waals surface area contributed by atoms with E-state index in [0.29, 0.717) is 10.8 Å². The number of benzene rings is 2. The molecule has 5 nitrogen and oxygen atoms in total. The van der Waals surface area contributed by atoms with Crippen LogP contribution in [0.25, 0.3) is 4.96 Å². The van der Waals surface area contributed by atoms with Gasteiger partial charge in [-0.1, -0.05) is 47.7 Å². The summed E-state index contributed by atoms with van der Waals surface area (Å²) >= 11 is 1.42. The van der Waals surface area contributed by atoms with E-state index in [9.17, 15) is 9.50 Å². The van der Waals surface area contributed by atoms with Crippen molar-refractivity contribution in [3.8, 4) is 5.88 Å². The summed E-state index contributed by atoms with van der Waals surface area (Å²) in [5.74, 6) is 0.449. The van der Waals surface area contributed by atoms with Crippen molar-refractivity contribution < 1.29 is 14.4 Å². The van der Waals surface area contributed by atoms with Gasteiger partial charge in [0.2, 0.25) is 10.8 Å². The van der Waals surface area contributed by atoms with Gasteiger partial charge in [-0.2, -0.15) is 4.52 Å². The van der Waals surface area contributed by atoms with Crippen LogP contribution in [-0.4, -0.2) is 26.2 Å². The lowest BCUT2D eigenvalue weighted by molar-refractivity contribution is -0.940. The molecule has 2 N–H and O–H groups in total. The Morgan fingerprint density at radius 1 is 1.18 bits per heavy atom. The van der Waals surface area contributed by atoms with Crippen LogP contribution in [0.5, 0.6) is 5.88 Å². The molecule has 1 aliphatic rings. The van der Waals surface area contributed by atoms with E-state index >= 15 is 0 Å². The van der Waals surface area contributed by atoms with E-state index in [0.717, 1.165) is 30.0 Å². The molecular formula is C21H20FN4OS+. The summed E-state index contributed by atoms with van der Waals surface area (Å²) in [4.78, 5) is 7.10. The first-order chi connectivity index (χ1) is 13.6. The molecular weight excluding hydrogens is 375 g/mol. The van der Waals surface area contributed by atoms with E-state index < -0.39 is 0 Å². The number of fused-ring (bicyclic) bond motifs is 2. The van der Waals surface area contributed by atoms with Crippen molar-refractivity contribution in [1.29, 1.82) is 0 Å². The molecule has 0 saturated heterocycles. The molecule has 28 heavy (non-hydrogen) atoms. The number of aromatic nitrogens is 3. The maximum Gasteiger partial charge on any atom is 0.235 e.